The fourth-order valence-electron chi connectivity index (χ4n) is 2.77. The van der Waals surface area contributed by atoms with E-state index in [1.807, 2.05) is 32.0 Å². The summed E-state index contributed by atoms with van der Waals surface area (Å²) in [5, 5.41) is 9.58. The third-order valence-electron chi connectivity index (χ3n) is 3.70. The topological polar surface area (TPSA) is 49.8 Å². The number of hydrogen-bond acceptors (Lipinski definition) is 4. The molecule has 4 nitrogen and oxygen atoms in total. The van der Waals surface area contributed by atoms with Gasteiger partial charge >= 0.3 is 5.97 Å². The molecular weight excluding hydrogens is 286 g/mol. The Kier molecular flexibility index (Phi) is 5.94. The van der Waals surface area contributed by atoms with Crippen molar-refractivity contribution in [2.45, 2.75) is 37.7 Å². The number of thioether (sulfide) groups is 1. The summed E-state index contributed by atoms with van der Waals surface area (Å²) in [6.07, 6.45) is 2.23. The van der Waals surface area contributed by atoms with Gasteiger partial charge in [0.05, 0.1) is 17.4 Å². The van der Waals surface area contributed by atoms with Gasteiger partial charge < -0.3 is 14.7 Å². The molecule has 0 saturated carbocycles. The molecule has 1 aromatic rings. The molecule has 0 atom stereocenters. The van der Waals surface area contributed by atoms with E-state index in [2.05, 4.69) is 4.90 Å². The molecule has 0 aliphatic carbocycles. The quantitative estimate of drug-likeness (QED) is 0.815. The number of ether oxygens (including phenoxy) is 1. The molecule has 21 heavy (non-hydrogen) atoms. The van der Waals surface area contributed by atoms with Crippen molar-refractivity contribution in [1.29, 1.82) is 0 Å². The van der Waals surface area contributed by atoms with Gasteiger partial charge in [-0.15, -0.1) is 11.8 Å². The lowest BCUT2D eigenvalue weighted by atomic mass is 10.0. The molecule has 0 spiro atoms. The number of benzene rings is 1. The first-order valence-corrected chi connectivity index (χ1v) is 8.51. The van der Waals surface area contributed by atoms with Crippen LogP contribution in [0.2, 0.25) is 0 Å². The van der Waals surface area contributed by atoms with Crippen LogP contribution in [0.4, 0.5) is 5.69 Å². The minimum Gasteiger partial charge on any atom is -0.478 e. The summed E-state index contributed by atoms with van der Waals surface area (Å²) in [6.45, 7) is 6.50. The SMILES string of the molecule is CCOC1CCN(c2cccc(SCC)c2C(=O)O)CC1. The van der Waals surface area contributed by atoms with Crippen molar-refractivity contribution in [2.75, 3.05) is 30.3 Å². The van der Waals surface area contributed by atoms with Gasteiger partial charge in [-0.25, -0.2) is 4.79 Å². The number of carboxylic acids is 1. The smallest absolute Gasteiger partial charge is 0.338 e. The maximum Gasteiger partial charge on any atom is 0.338 e. The van der Waals surface area contributed by atoms with Crippen LogP contribution in [0.1, 0.15) is 37.0 Å². The molecule has 2 rings (SSSR count). The number of aromatic carboxylic acids is 1. The molecule has 5 heteroatoms. The standard InChI is InChI=1S/C16H23NO3S/c1-3-20-12-8-10-17(11-9-12)13-6-5-7-14(21-4-2)15(13)16(18)19/h5-7,12H,3-4,8-11H2,1-2H3,(H,18,19). The van der Waals surface area contributed by atoms with Gasteiger partial charge in [0.15, 0.2) is 0 Å². The first-order valence-electron chi connectivity index (χ1n) is 7.53. The molecule has 0 amide bonds. The number of nitrogens with zero attached hydrogens (tertiary/aromatic N) is 1. The third kappa shape index (κ3) is 3.92. The van der Waals surface area contributed by atoms with Crippen LogP contribution >= 0.6 is 11.8 Å². The summed E-state index contributed by atoms with van der Waals surface area (Å²) >= 11 is 1.58. The highest BCUT2D eigenvalue weighted by Gasteiger charge is 2.24. The van der Waals surface area contributed by atoms with Gasteiger partial charge in [0.1, 0.15) is 0 Å². The van der Waals surface area contributed by atoms with Crippen molar-refractivity contribution in [3.05, 3.63) is 23.8 Å². The number of carboxylic acid groups (broad SMARTS) is 1. The molecule has 1 aromatic carbocycles. The van der Waals surface area contributed by atoms with Crippen molar-refractivity contribution < 1.29 is 14.6 Å². The molecule has 0 bridgehead atoms. The lowest BCUT2D eigenvalue weighted by Crippen LogP contribution is -2.37. The molecule has 0 aromatic heterocycles. The van der Waals surface area contributed by atoms with E-state index < -0.39 is 5.97 Å². The van der Waals surface area contributed by atoms with Crippen LogP contribution in [0.25, 0.3) is 0 Å². The van der Waals surface area contributed by atoms with Gasteiger partial charge in [0.2, 0.25) is 0 Å². The monoisotopic (exact) mass is 309 g/mol. The largest absolute Gasteiger partial charge is 0.478 e. The first-order chi connectivity index (χ1) is 10.2. The predicted molar refractivity (Wildman–Crippen MR) is 86.7 cm³/mol. The second-order valence-electron chi connectivity index (χ2n) is 5.03. The molecule has 1 heterocycles. The Morgan fingerprint density at radius 3 is 2.67 bits per heavy atom. The highest BCUT2D eigenvalue weighted by Crippen LogP contribution is 2.32. The van der Waals surface area contributed by atoms with E-state index in [-0.39, 0.29) is 0 Å². The lowest BCUT2D eigenvalue weighted by Gasteiger charge is -2.34. The normalized spacial score (nSPS) is 16.2. The summed E-state index contributed by atoms with van der Waals surface area (Å²) in [5.41, 5.74) is 1.29. The van der Waals surface area contributed by atoms with E-state index in [9.17, 15) is 9.90 Å². The molecule has 0 radical (unpaired) electrons. The van der Waals surface area contributed by atoms with Gasteiger partial charge in [-0.05, 0) is 37.7 Å². The summed E-state index contributed by atoms with van der Waals surface area (Å²) in [5.74, 6) is 0.0318. The Hall–Kier alpha value is -1.20. The molecule has 1 aliphatic heterocycles. The van der Waals surface area contributed by atoms with Crippen molar-refractivity contribution >= 4 is 23.4 Å². The van der Waals surface area contributed by atoms with Crippen LogP contribution in [0.3, 0.4) is 0 Å². The number of hydrogen-bond donors (Lipinski definition) is 1. The van der Waals surface area contributed by atoms with Crippen LogP contribution in [0.5, 0.6) is 0 Å². The second kappa shape index (κ2) is 7.71. The van der Waals surface area contributed by atoms with Crippen LogP contribution in [-0.4, -0.2) is 42.6 Å². The molecular formula is C16H23NO3S. The van der Waals surface area contributed by atoms with Crippen molar-refractivity contribution in [2.24, 2.45) is 0 Å². The summed E-state index contributed by atoms with van der Waals surface area (Å²) < 4.78 is 5.66. The van der Waals surface area contributed by atoms with E-state index >= 15 is 0 Å². The predicted octanol–water partition coefficient (Wildman–Crippen LogP) is 3.50. The minimum atomic E-state index is -0.839. The number of carbonyl (C=O) groups is 1. The Balaban J connectivity index is 2.20. The van der Waals surface area contributed by atoms with E-state index in [1.165, 1.54) is 0 Å². The van der Waals surface area contributed by atoms with Gasteiger partial charge in [0.25, 0.3) is 0 Å². The Labute approximate surface area is 130 Å². The van der Waals surface area contributed by atoms with Crippen LogP contribution in [0.15, 0.2) is 23.1 Å². The molecule has 1 saturated heterocycles. The number of rotatable bonds is 6. The van der Waals surface area contributed by atoms with Crippen molar-refractivity contribution in [3.8, 4) is 0 Å². The zero-order valence-corrected chi connectivity index (χ0v) is 13.5. The van der Waals surface area contributed by atoms with Crippen LogP contribution in [0, 0.1) is 0 Å². The fourth-order valence-corrected chi connectivity index (χ4v) is 3.59. The summed E-state index contributed by atoms with van der Waals surface area (Å²) in [7, 11) is 0. The average Bonchev–Trinajstić information content (AvgIpc) is 2.48. The second-order valence-corrected chi connectivity index (χ2v) is 6.34. The molecule has 1 aliphatic rings. The van der Waals surface area contributed by atoms with Crippen molar-refractivity contribution in [1.82, 2.24) is 0 Å². The van der Waals surface area contributed by atoms with Gasteiger partial charge in [-0.2, -0.15) is 0 Å². The van der Waals surface area contributed by atoms with Crippen LogP contribution < -0.4 is 4.90 Å². The fraction of sp³-hybridized carbons (Fsp3) is 0.562. The summed E-state index contributed by atoms with van der Waals surface area (Å²) in [4.78, 5) is 14.7. The Morgan fingerprint density at radius 1 is 1.38 bits per heavy atom. The average molecular weight is 309 g/mol. The van der Waals surface area contributed by atoms with Gasteiger partial charge in [-0.1, -0.05) is 13.0 Å². The highest BCUT2D eigenvalue weighted by atomic mass is 32.2. The summed E-state index contributed by atoms with van der Waals surface area (Å²) in [6, 6.07) is 5.77. The Bertz CT molecular complexity index is 484. The van der Waals surface area contributed by atoms with Gasteiger partial charge in [-0.3, -0.25) is 0 Å². The zero-order valence-electron chi connectivity index (χ0n) is 12.7. The Morgan fingerprint density at radius 2 is 2.10 bits per heavy atom. The van der Waals surface area contributed by atoms with Crippen LogP contribution in [-0.2, 0) is 4.74 Å². The van der Waals surface area contributed by atoms with E-state index in [4.69, 9.17) is 4.74 Å². The molecule has 116 valence electrons. The van der Waals surface area contributed by atoms with Crippen molar-refractivity contribution in [3.63, 3.8) is 0 Å². The highest BCUT2D eigenvalue weighted by molar-refractivity contribution is 7.99. The van der Waals surface area contributed by atoms with E-state index in [1.54, 1.807) is 11.8 Å². The molecule has 1 N–H and O–H groups in total. The molecule has 0 unspecified atom stereocenters. The van der Waals surface area contributed by atoms with E-state index in [0.717, 1.165) is 48.9 Å². The number of anilines is 1. The first kappa shape index (κ1) is 16.2. The van der Waals surface area contributed by atoms with Gasteiger partial charge in [0, 0.05) is 24.6 Å². The lowest BCUT2D eigenvalue weighted by molar-refractivity contribution is 0.0459. The third-order valence-corrected chi connectivity index (χ3v) is 4.64. The number of piperidine rings is 1. The zero-order chi connectivity index (χ0) is 15.2. The molecule has 1 fully saturated rings. The minimum absolute atomic E-state index is 0.313. The van der Waals surface area contributed by atoms with E-state index in [0.29, 0.717) is 11.7 Å². The maximum atomic E-state index is 11.7. The maximum absolute atomic E-state index is 11.7.